The summed E-state index contributed by atoms with van der Waals surface area (Å²) in [4.78, 5) is 26.7. The van der Waals surface area contributed by atoms with Gasteiger partial charge in [0.05, 0.1) is 17.6 Å². The van der Waals surface area contributed by atoms with Gasteiger partial charge in [-0.25, -0.2) is 8.78 Å². The van der Waals surface area contributed by atoms with Crippen LogP contribution in [0.3, 0.4) is 0 Å². The molecule has 5 unspecified atom stereocenters. The van der Waals surface area contributed by atoms with Gasteiger partial charge in [0, 0.05) is 21.8 Å². The number of hydrogen-bond acceptors (Lipinski definition) is 10. The highest BCUT2D eigenvalue weighted by Crippen LogP contribution is 2.59. The quantitative estimate of drug-likeness (QED) is 0.0427. The maximum atomic E-state index is 16.2. The SMILES string of the molecule is CCCCSC(=S)SC(C)(C)C(CC(C)(C)C(C)C(=O)OCC(F)(C(F)(F)F)C(C)(C)OC(F)(F)C(F)(C(F)(F)F)C(C)(C)OC(F)(F)C(F)(F)C(F)(F)F)C(=O)OCCS(C)=O. The molecule has 0 saturated heterocycles. The highest BCUT2D eigenvalue weighted by molar-refractivity contribution is 8.47. The van der Waals surface area contributed by atoms with E-state index in [-0.39, 0.29) is 32.6 Å². The second-order valence-electron chi connectivity index (χ2n) is 16.5. The van der Waals surface area contributed by atoms with Gasteiger partial charge >= 0.3 is 54.3 Å². The normalized spacial score (nSPS) is 17.9. The topological polar surface area (TPSA) is 88.1 Å². The van der Waals surface area contributed by atoms with Gasteiger partial charge in [-0.2, -0.15) is 65.9 Å². The van der Waals surface area contributed by atoms with Crippen LogP contribution in [0.4, 0.5) is 74.6 Å². The monoisotopic (exact) mass is 1030 g/mol. The molecule has 0 bridgehead atoms. The van der Waals surface area contributed by atoms with Crippen molar-refractivity contribution in [2.75, 3.05) is 31.0 Å². The van der Waals surface area contributed by atoms with Crippen molar-refractivity contribution in [1.29, 1.82) is 0 Å². The van der Waals surface area contributed by atoms with Crippen LogP contribution < -0.4 is 0 Å². The van der Waals surface area contributed by atoms with Crippen molar-refractivity contribution in [3.63, 3.8) is 0 Å². The van der Waals surface area contributed by atoms with Crippen molar-refractivity contribution in [3.05, 3.63) is 0 Å². The first-order valence-electron chi connectivity index (χ1n) is 18.2. The summed E-state index contributed by atoms with van der Waals surface area (Å²) in [6, 6.07) is 0. The summed E-state index contributed by atoms with van der Waals surface area (Å²) in [5, 5.41) is 0. The van der Waals surface area contributed by atoms with Crippen molar-refractivity contribution in [2.24, 2.45) is 17.3 Å². The van der Waals surface area contributed by atoms with E-state index in [0.717, 1.165) is 31.5 Å². The number of unbranched alkanes of at least 4 members (excludes halogenated alkanes) is 1. The lowest BCUT2D eigenvalue weighted by molar-refractivity contribution is -0.489. The summed E-state index contributed by atoms with van der Waals surface area (Å²) in [6.07, 6.45) is -33.2. The Morgan fingerprint density at radius 2 is 1.16 bits per heavy atom. The predicted molar refractivity (Wildman–Crippen MR) is 205 cm³/mol. The van der Waals surface area contributed by atoms with E-state index in [1.54, 1.807) is 13.8 Å². The van der Waals surface area contributed by atoms with Gasteiger partial charge in [0.25, 0.3) is 5.67 Å². The van der Waals surface area contributed by atoms with E-state index < -0.39 is 124 Å². The lowest BCUT2D eigenvalue weighted by Crippen LogP contribution is -2.73. The minimum absolute atomic E-state index is 0.0789. The predicted octanol–water partition coefficient (Wildman–Crippen LogP) is 12.0. The molecule has 5 atom stereocenters. The van der Waals surface area contributed by atoms with E-state index >= 15 is 17.6 Å². The van der Waals surface area contributed by atoms with Crippen LogP contribution in [0, 0.1) is 17.3 Å². The van der Waals surface area contributed by atoms with E-state index in [1.807, 2.05) is 6.92 Å². The molecule has 0 aromatic rings. The van der Waals surface area contributed by atoms with Crippen molar-refractivity contribution in [3.8, 4) is 0 Å². The van der Waals surface area contributed by atoms with E-state index in [1.165, 1.54) is 31.9 Å². The molecule has 0 fully saturated rings. The maximum absolute atomic E-state index is 16.2. The molecule has 63 heavy (non-hydrogen) atoms. The lowest BCUT2D eigenvalue weighted by atomic mass is 9.71. The molecule has 0 aromatic heterocycles. The minimum Gasteiger partial charge on any atom is -0.464 e. The summed E-state index contributed by atoms with van der Waals surface area (Å²) in [7, 11) is -1.40. The van der Waals surface area contributed by atoms with Gasteiger partial charge in [0.15, 0.2) is 0 Å². The lowest BCUT2D eigenvalue weighted by Gasteiger charge is -2.49. The highest BCUT2D eigenvalue weighted by Gasteiger charge is 2.85. The van der Waals surface area contributed by atoms with Gasteiger partial charge < -0.3 is 18.9 Å². The molecule has 28 heteroatoms. The third-order valence-electron chi connectivity index (χ3n) is 9.99. The molecule has 0 aromatic carbocycles. The largest absolute Gasteiger partial charge is 0.464 e. The van der Waals surface area contributed by atoms with Gasteiger partial charge in [-0.05, 0) is 65.6 Å². The maximum Gasteiger partial charge on any atom is 0.462 e. The number of carbonyl (C=O) groups excluding carboxylic acids is 2. The molecule has 0 rings (SSSR count). The number of esters is 2. The van der Waals surface area contributed by atoms with Crippen LogP contribution in [0.2, 0.25) is 0 Å². The summed E-state index contributed by atoms with van der Waals surface area (Å²) in [5.74, 6) is -12.5. The number of carbonyl (C=O) groups is 2. The second-order valence-corrected chi connectivity index (χ2v) is 22.0. The van der Waals surface area contributed by atoms with Crippen LogP contribution >= 0.6 is 35.7 Å². The molecule has 0 saturated carbocycles. The fourth-order valence-corrected chi connectivity index (χ4v) is 9.14. The van der Waals surface area contributed by atoms with Crippen LogP contribution in [0.15, 0.2) is 0 Å². The van der Waals surface area contributed by atoms with E-state index in [2.05, 4.69) is 14.2 Å². The molecule has 0 aliphatic heterocycles. The van der Waals surface area contributed by atoms with Gasteiger partial charge in [0.1, 0.15) is 27.9 Å². The molecule has 0 aliphatic rings. The molecular formula is C35H49F17O7S4. The fourth-order valence-electron chi connectivity index (χ4n) is 5.45. The Bertz CT molecular complexity index is 1600. The molecule has 0 aliphatic carbocycles. The molecular weight excluding hydrogens is 984 g/mol. The molecule has 374 valence electrons. The average molecular weight is 1030 g/mol. The number of halogens is 17. The van der Waals surface area contributed by atoms with Crippen molar-refractivity contribution < 1.29 is 107 Å². The zero-order chi connectivity index (χ0) is 50.7. The third kappa shape index (κ3) is 14.3. The molecule has 7 nitrogen and oxygen atoms in total. The molecule has 0 amide bonds. The Morgan fingerprint density at radius 1 is 0.683 bits per heavy atom. The Labute approximate surface area is 369 Å². The van der Waals surface area contributed by atoms with Gasteiger partial charge in [-0.1, -0.05) is 46.3 Å². The van der Waals surface area contributed by atoms with E-state index in [0.29, 0.717) is 9.28 Å². The van der Waals surface area contributed by atoms with Crippen LogP contribution in [-0.4, -0.2) is 115 Å². The Balaban J connectivity index is 6.96. The Hall–Kier alpha value is -1.39. The first kappa shape index (κ1) is 61.6. The van der Waals surface area contributed by atoms with Crippen LogP contribution in [0.1, 0.15) is 88.5 Å². The summed E-state index contributed by atoms with van der Waals surface area (Å²) >= 11 is 7.81. The summed E-state index contributed by atoms with van der Waals surface area (Å²) in [6.45, 7) is 3.16. The van der Waals surface area contributed by atoms with Crippen molar-refractivity contribution in [2.45, 2.75) is 152 Å². The smallest absolute Gasteiger partial charge is 0.462 e. The molecule has 0 heterocycles. The molecule has 0 N–H and O–H groups in total. The second kappa shape index (κ2) is 20.9. The van der Waals surface area contributed by atoms with Crippen molar-refractivity contribution in [1.82, 2.24) is 0 Å². The summed E-state index contributed by atoms with van der Waals surface area (Å²) in [5.41, 5.74) is -24.2. The number of alkyl halides is 17. The molecule has 0 spiro atoms. The van der Waals surface area contributed by atoms with Crippen LogP contribution in [-0.2, 0) is 39.3 Å². The van der Waals surface area contributed by atoms with E-state index in [4.69, 9.17) is 17.0 Å². The minimum atomic E-state index is -7.49. The Morgan fingerprint density at radius 3 is 1.57 bits per heavy atom. The van der Waals surface area contributed by atoms with Crippen LogP contribution in [0.5, 0.6) is 0 Å². The van der Waals surface area contributed by atoms with Crippen LogP contribution in [0.25, 0.3) is 0 Å². The third-order valence-corrected chi connectivity index (χ3v) is 13.6. The standard InChI is InChI=1S/C35H49F17O7S4/c1-12-13-15-61-23(60)62-25(5,6)20(22(54)56-14-16-63(11)55)17-24(3,4)19(2)21(53)57-18-28(36,31(40,41)42)26(7,8)58-34(49,50)29(37,32(43,44)45)27(9,10)59-35(51,52)30(38,39)33(46,47)48/h19-20H,12-18H2,1-11H3. The first-order chi connectivity index (χ1) is 27.6. The number of thiocarbonyl (C=S) groups is 1. The first-order valence-corrected chi connectivity index (χ1v) is 22.1. The van der Waals surface area contributed by atoms with Gasteiger partial charge in [-0.3, -0.25) is 13.8 Å². The number of ether oxygens (including phenoxy) is 4. The highest BCUT2D eigenvalue weighted by atomic mass is 32.2. The average Bonchev–Trinajstić information content (AvgIpc) is 3.05. The zero-order valence-electron chi connectivity index (χ0n) is 35.5. The fraction of sp³-hybridized carbons (Fsp3) is 0.914. The van der Waals surface area contributed by atoms with Gasteiger partial charge in [-0.15, -0.1) is 23.5 Å². The number of hydrogen-bond donors (Lipinski definition) is 0. The molecule has 0 radical (unpaired) electrons. The van der Waals surface area contributed by atoms with Gasteiger partial charge in [0.2, 0.25) is 0 Å². The van der Waals surface area contributed by atoms with Crippen molar-refractivity contribution >= 4 is 62.0 Å². The number of thioether (sulfide) groups is 2. The van der Waals surface area contributed by atoms with E-state index in [9.17, 15) is 70.9 Å². The number of rotatable bonds is 23. The zero-order valence-corrected chi connectivity index (χ0v) is 38.8. The summed E-state index contributed by atoms with van der Waals surface area (Å²) < 4.78 is 268. The Kier molecular flexibility index (Phi) is 20.4.